The standard InChI is InChI=1S/C16H23NO3S/c1-4-20-14-8-6-5-7-13(14)9-10-16(19)17-12(2)15(11-18)21-3/h5-10,12,15,18H,4,11H2,1-3H3,(H,17,19)/b10-9+. The molecule has 2 N–H and O–H groups in total. The van der Waals surface area contributed by atoms with Gasteiger partial charge < -0.3 is 15.2 Å². The third-order valence-corrected chi connectivity index (χ3v) is 4.21. The number of benzene rings is 1. The number of carbonyl (C=O) groups is 1. The lowest BCUT2D eigenvalue weighted by Gasteiger charge is -2.20. The Hall–Kier alpha value is -1.46. The van der Waals surface area contributed by atoms with Crippen LogP contribution in [0.3, 0.4) is 0 Å². The highest BCUT2D eigenvalue weighted by atomic mass is 32.2. The number of ether oxygens (including phenoxy) is 1. The normalized spacial score (nSPS) is 13.9. The molecule has 1 rings (SSSR count). The maximum atomic E-state index is 11.9. The summed E-state index contributed by atoms with van der Waals surface area (Å²) in [5.41, 5.74) is 0.866. The highest BCUT2D eigenvalue weighted by molar-refractivity contribution is 7.99. The van der Waals surface area contributed by atoms with Gasteiger partial charge in [0, 0.05) is 22.9 Å². The fraction of sp³-hybridized carbons (Fsp3) is 0.438. The Balaban J connectivity index is 2.66. The molecule has 0 radical (unpaired) electrons. The van der Waals surface area contributed by atoms with Crippen molar-refractivity contribution < 1.29 is 14.6 Å². The zero-order chi connectivity index (χ0) is 15.7. The van der Waals surface area contributed by atoms with Gasteiger partial charge in [-0.05, 0) is 32.2 Å². The molecule has 0 aliphatic carbocycles. The van der Waals surface area contributed by atoms with Gasteiger partial charge in [0.1, 0.15) is 5.75 Å². The number of thioether (sulfide) groups is 1. The highest BCUT2D eigenvalue weighted by Gasteiger charge is 2.16. The van der Waals surface area contributed by atoms with E-state index in [2.05, 4.69) is 5.32 Å². The number of hydrogen-bond acceptors (Lipinski definition) is 4. The van der Waals surface area contributed by atoms with Gasteiger partial charge in [0.25, 0.3) is 0 Å². The molecule has 0 saturated heterocycles. The summed E-state index contributed by atoms with van der Waals surface area (Å²) >= 11 is 1.53. The predicted octanol–water partition coefficient (Wildman–Crippen LogP) is 2.33. The van der Waals surface area contributed by atoms with Gasteiger partial charge in [-0.3, -0.25) is 4.79 Å². The summed E-state index contributed by atoms with van der Waals surface area (Å²) < 4.78 is 5.50. The smallest absolute Gasteiger partial charge is 0.244 e. The van der Waals surface area contributed by atoms with Crippen molar-refractivity contribution in [2.45, 2.75) is 25.1 Å². The number of aliphatic hydroxyl groups is 1. The van der Waals surface area contributed by atoms with Crippen LogP contribution in [0.4, 0.5) is 0 Å². The fourth-order valence-corrected chi connectivity index (χ4v) is 2.50. The third-order valence-electron chi connectivity index (χ3n) is 3.04. The van der Waals surface area contributed by atoms with Gasteiger partial charge in [0.2, 0.25) is 5.91 Å². The van der Waals surface area contributed by atoms with E-state index in [-0.39, 0.29) is 23.8 Å². The van der Waals surface area contributed by atoms with E-state index in [0.29, 0.717) is 6.61 Å². The molecule has 5 heteroatoms. The maximum absolute atomic E-state index is 11.9. The molecule has 0 aromatic heterocycles. The first-order chi connectivity index (χ1) is 10.1. The average Bonchev–Trinajstić information content (AvgIpc) is 2.48. The number of carbonyl (C=O) groups excluding carboxylic acids is 1. The largest absolute Gasteiger partial charge is 0.493 e. The second-order valence-corrected chi connectivity index (χ2v) is 5.64. The van der Waals surface area contributed by atoms with E-state index in [9.17, 15) is 9.90 Å². The van der Waals surface area contributed by atoms with Gasteiger partial charge in [0.05, 0.1) is 13.2 Å². The van der Waals surface area contributed by atoms with Gasteiger partial charge in [-0.25, -0.2) is 0 Å². The molecule has 0 bridgehead atoms. The zero-order valence-electron chi connectivity index (χ0n) is 12.7. The van der Waals surface area contributed by atoms with Crippen molar-refractivity contribution in [1.82, 2.24) is 5.32 Å². The molecule has 1 amide bonds. The molecular weight excluding hydrogens is 286 g/mol. The van der Waals surface area contributed by atoms with Crippen LogP contribution in [0.15, 0.2) is 30.3 Å². The van der Waals surface area contributed by atoms with E-state index < -0.39 is 0 Å². The summed E-state index contributed by atoms with van der Waals surface area (Å²) in [6.45, 7) is 4.43. The number of rotatable bonds is 8. The summed E-state index contributed by atoms with van der Waals surface area (Å²) in [5, 5.41) is 12.1. The van der Waals surface area contributed by atoms with Crippen molar-refractivity contribution >= 4 is 23.7 Å². The predicted molar refractivity (Wildman–Crippen MR) is 88.6 cm³/mol. The van der Waals surface area contributed by atoms with Crippen LogP contribution in [0.2, 0.25) is 0 Å². The molecule has 21 heavy (non-hydrogen) atoms. The molecule has 116 valence electrons. The van der Waals surface area contributed by atoms with Crippen molar-refractivity contribution in [2.24, 2.45) is 0 Å². The first-order valence-electron chi connectivity index (χ1n) is 6.96. The first kappa shape index (κ1) is 17.6. The van der Waals surface area contributed by atoms with Crippen molar-refractivity contribution in [3.8, 4) is 5.75 Å². The topological polar surface area (TPSA) is 58.6 Å². The van der Waals surface area contributed by atoms with Crippen LogP contribution >= 0.6 is 11.8 Å². The minimum atomic E-state index is -0.179. The minimum absolute atomic E-state index is 0.00180. The van der Waals surface area contributed by atoms with Crippen molar-refractivity contribution in [3.63, 3.8) is 0 Å². The van der Waals surface area contributed by atoms with Gasteiger partial charge in [0.15, 0.2) is 0 Å². The molecular formula is C16H23NO3S. The molecule has 0 fully saturated rings. The van der Waals surface area contributed by atoms with E-state index in [1.54, 1.807) is 6.08 Å². The maximum Gasteiger partial charge on any atom is 0.244 e. The van der Waals surface area contributed by atoms with Crippen LogP contribution < -0.4 is 10.1 Å². The van der Waals surface area contributed by atoms with Gasteiger partial charge in [-0.1, -0.05) is 18.2 Å². The number of hydrogen-bond donors (Lipinski definition) is 2. The molecule has 1 aromatic rings. The molecule has 0 saturated carbocycles. The van der Waals surface area contributed by atoms with E-state index in [4.69, 9.17) is 4.74 Å². The van der Waals surface area contributed by atoms with Gasteiger partial charge >= 0.3 is 0 Å². The lowest BCUT2D eigenvalue weighted by Crippen LogP contribution is -2.40. The second kappa shape index (κ2) is 9.47. The fourth-order valence-electron chi connectivity index (χ4n) is 1.87. The minimum Gasteiger partial charge on any atom is -0.493 e. The van der Waals surface area contributed by atoms with E-state index in [0.717, 1.165) is 11.3 Å². The van der Waals surface area contributed by atoms with E-state index in [1.165, 1.54) is 17.8 Å². The highest BCUT2D eigenvalue weighted by Crippen LogP contribution is 2.19. The number of aliphatic hydroxyl groups excluding tert-OH is 1. The first-order valence-corrected chi connectivity index (χ1v) is 8.25. The summed E-state index contributed by atoms with van der Waals surface area (Å²) in [4.78, 5) is 11.9. The third kappa shape index (κ3) is 5.81. The molecule has 2 atom stereocenters. The molecule has 1 aromatic carbocycles. The Morgan fingerprint density at radius 2 is 2.19 bits per heavy atom. The van der Waals surface area contributed by atoms with E-state index in [1.807, 2.05) is 44.4 Å². The summed E-state index contributed by atoms with van der Waals surface area (Å²) in [6.07, 6.45) is 5.14. The molecule has 2 unspecified atom stereocenters. The van der Waals surface area contributed by atoms with E-state index >= 15 is 0 Å². The summed E-state index contributed by atoms with van der Waals surface area (Å²) in [6, 6.07) is 7.48. The number of amides is 1. The Kier molecular flexibility index (Phi) is 7.93. The molecule has 0 spiro atoms. The van der Waals surface area contributed by atoms with Crippen molar-refractivity contribution in [2.75, 3.05) is 19.5 Å². The summed E-state index contributed by atoms with van der Waals surface area (Å²) in [5.74, 6) is 0.579. The Labute approximate surface area is 130 Å². The quantitative estimate of drug-likeness (QED) is 0.724. The monoisotopic (exact) mass is 309 g/mol. The molecule has 0 aliphatic heterocycles. The van der Waals surface area contributed by atoms with Gasteiger partial charge in [-0.15, -0.1) is 0 Å². The Morgan fingerprint density at radius 1 is 1.48 bits per heavy atom. The van der Waals surface area contributed by atoms with Crippen molar-refractivity contribution in [1.29, 1.82) is 0 Å². The number of nitrogens with one attached hydrogen (secondary N) is 1. The van der Waals surface area contributed by atoms with Crippen LogP contribution in [0, 0.1) is 0 Å². The van der Waals surface area contributed by atoms with Crippen LogP contribution in [0.25, 0.3) is 6.08 Å². The lowest BCUT2D eigenvalue weighted by molar-refractivity contribution is -0.117. The van der Waals surface area contributed by atoms with Crippen molar-refractivity contribution in [3.05, 3.63) is 35.9 Å². The van der Waals surface area contributed by atoms with Crippen LogP contribution in [0.5, 0.6) is 5.75 Å². The van der Waals surface area contributed by atoms with Crippen LogP contribution in [-0.4, -0.2) is 41.8 Å². The van der Waals surface area contributed by atoms with Gasteiger partial charge in [-0.2, -0.15) is 11.8 Å². The molecule has 0 aliphatic rings. The molecule has 0 heterocycles. The van der Waals surface area contributed by atoms with Crippen LogP contribution in [0.1, 0.15) is 19.4 Å². The average molecular weight is 309 g/mol. The number of para-hydroxylation sites is 1. The zero-order valence-corrected chi connectivity index (χ0v) is 13.5. The Morgan fingerprint density at radius 3 is 2.81 bits per heavy atom. The lowest BCUT2D eigenvalue weighted by atomic mass is 10.2. The molecule has 4 nitrogen and oxygen atoms in total. The Bertz CT molecular complexity index is 472. The SMILES string of the molecule is CCOc1ccccc1/C=C/C(=O)NC(C)C(CO)SC. The second-order valence-electron chi connectivity index (χ2n) is 4.56. The summed E-state index contributed by atoms with van der Waals surface area (Å²) in [7, 11) is 0. The van der Waals surface area contributed by atoms with Crippen LogP contribution in [-0.2, 0) is 4.79 Å².